The van der Waals surface area contributed by atoms with Gasteiger partial charge in [0.1, 0.15) is 11.5 Å². The Hall–Kier alpha value is -3.53. The molecule has 0 N–H and O–H groups in total. The summed E-state index contributed by atoms with van der Waals surface area (Å²) in [6, 6.07) is 26.3. The molecule has 0 aliphatic heterocycles. The van der Waals surface area contributed by atoms with Crippen molar-refractivity contribution in [1.29, 1.82) is 0 Å². The molecule has 0 fully saturated rings. The van der Waals surface area contributed by atoms with Crippen molar-refractivity contribution >= 4 is 16.9 Å². The highest BCUT2D eigenvalue weighted by atomic mass is 16.5. The van der Waals surface area contributed by atoms with Crippen LogP contribution >= 0.6 is 0 Å². The lowest BCUT2D eigenvalue weighted by Gasteiger charge is -2.12. The number of fused-ring (bicyclic) bond motifs is 1. The molecule has 0 spiro atoms. The van der Waals surface area contributed by atoms with Gasteiger partial charge in [-0.15, -0.1) is 0 Å². The van der Waals surface area contributed by atoms with E-state index in [1.807, 2.05) is 48.5 Å². The quantitative estimate of drug-likeness (QED) is 0.353. The maximum absolute atomic E-state index is 11.3. The molecule has 140 valence electrons. The van der Waals surface area contributed by atoms with E-state index in [-0.39, 0.29) is 5.97 Å². The van der Waals surface area contributed by atoms with Gasteiger partial charge in [0, 0.05) is 30.1 Å². The molecule has 0 bridgehead atoms. The van der Waals surface area contributed by atoms with Crippen LogP contribution in [0.2, 0.25) is 0 Å². The standard InChI is InChI=1S/C24H21NO3/c1-17(26)28-22-12-13-23-20(14-22)15-24(19-8-10-21(27-2)11-9-19)25(23)16-18-6-4-3-5-7-18/h3-15H,16H2,1-2H3. The molecular weight excluding hydrogens is 350 g/mol. The molecule has 28 heavy (non-hydrogen) atoms. The van der Waals surface area contributed by atoms with Gasteiger partial charge in [-0.1, -0.05) is 30.3 Å². The Bertz CT molecular complexity index is 1110. The molecule has 0 saturated carbocycles. The van der Waals surface area contributed by atoms with Crippen LogP contribution in [0.3, 0.4) is 0 Å². The van der Waals surface area contributed by atoms with Crippen molar-refractivity contribution in [3.05, 3.63) is 84.4 Å². The minimum Gasteiger partial charge on any atom is -0.497 e. The lowest BCUT2D eigenvalue weighted by molar-refractivity contribution is -0.131. The summed E-state index contributed by atoms with van der Waals surface area (Å²) >= 11 is 0. The van der Waals surface area contributed by atoms with Crippen LogP contribution in [0.1, 0.15) is 12.5 Å². The van der Waals surface area contributed by atoms with Gasteiger partial charge in [0.15, 0.2) is 0 Å². The second kappa shape index (κ2) is 7.61. The molecule has 1 heterocycles. The number of aromatic nitrogens is 1. The Morgan fingerprint density at radius 1 is 0.893 bits per heavy atom. The van der Waals surface area contributed by atoms with E-state index in [1.54, 1.807) is 7.11 Å². The Labute approximate surface area is 163 Å². The molecular formula is C24H21NO3. The third-order valence-corrected chi connectivity index (χ3v) is 4.70. The number of rotatable bonds is 5. The van der Waals surface area contributed by atoms with Gasteiger partial charge in [0.2, 0.25) is 0 Å². The molecule has 4 nitrogen and oxygen atoms in total. The fourth-order valence-electron chi connectivity index (χ4n) is 3.42. The summed E-state index contributed by atoms with van der Waals surface area (Å²) in [5, 5.41) is 1.03. The van der Waals surface area contributed by atoms with E-state index in [0.717, 1.165) is 34.5 Å². The van der Waals surface area contributed by atoms with Crippen molar-refractivity contribution in [2.24, 2.45) is 0 Å². The van der Waals surface area contributed by atoms with Crippen LogP contribution in [0.15, 0.2) is 78.9 Å². The average molecular weight is 371 g/mol. The average Bonchev–Trinajstić information content (AvgIpc) is 3.06. The molecule has 4 rings (SSSR count). The molecule has 0 saturated heterocycles. The smallest absolute Gasteiger partial charge is 0.308 e. The first-order valence-corrected chi connectivity index (χ1v) is 9.14. The fourth-order valence-corrected chi connectivity index (χ4v) is 3.42. The second-order valence-electron chi connectivity index (χ2n) is 6.64. The number of benzene rings is 3. The van der Waals surface area contributed by atoms with Crippen molar-refractivity contribution in [1.82, 2.24) is 4.57 Å². The number of methoxy groups -OCH3 is 1. The first kappa shape index (κ1) is 17.9. The van der Waals surface area contributed by atoms with Gasteiger partial charge in [-0.2, -0.15) is 0 Å². The molecule has 0 aliphatic rings. The highest BCUT2D eigenvalue weighted by Gasteiger charge is 2.13. The van der Waals surface area contributed by atoms with Crippen molar-refractivity contribution in [2.75, 3.05) is 7.11 Å². The number of hydrogen-bond acceptors (Lipinski definition) is 3. The molecule has 3 aromatic carbocycles. The minimum atomic E-state index is -0.321. The predicted molar refractivity (Wildman–Crippen MR) is 111 cm³/mol. The van der Waals surface area contributed by atoms with Crippen molar-refractivity contribution < 1.29 is 14.3 Å². The normalized spacial score (nSPS) is 10.8. The summed E-state index contributed by atoms with van der Waals surface area (Å²) in [5.41, 5.74) is 4.51. The zero-order valence-corrected chi connectivity index (χ0v) is 15.9. The van der Waals surface area contributed by atoms with Gasteiger partial charge in [0.05, 0.1) is 7.11 Å². The Morgan fingerprint density at radius 3 is 2.29 bits per heavy atom. The topological polar surface area (TPSA) is 40.5 Å². The number of nitrogens with zero attached hydrogens (tertiary/aromatic N) is 1. The van der Waals surface area contributed by atoms with E-state index in [0.29, 0.717) is 5.75 Å². The minimum absolute atomic E-state index is 0.321. The van der Waals surface area contributed by atoms with Crippen LogP contribution < -0.4 is 9.47 Å². The van der Waals surface area contributed by atoms with Crippen LogP contribution in [0.25, 0.3) is 22.2 Å². The summed E-state index contributed by atoms with van der Waals surface area (Å²) in [7, 11) is 1.66. The molecule has 4 heteroatoms. The van der Waals surface area contributed by atoms with Crippen LogP contribution in [-0.2, 0) is 11.3 Å². The van der Waals surface area contributed by atoms with E-state index in [1.165, 1.54) is 12.5 Å². The Morgan fingerprint density at radius 2 is 1.61 bits per heavy atom. The SMILES string of the molecule is COc1ccc(-c2cc3cc(OC(C)=O)ccc3n2Cc2ccccc2)cc1. The number of carbonyl (C=O) groups excluding carboxylic acids is 1. The number of ether oxygens (including phenoxy) is 2. The lowest BCUT2D eigenvalue weighted by atomic mass is 10.1. The lowest BCUT2D eigenvalue weighted by Crippen LogP contribution is -2.02. The van der Waals surface area contributed by atoms with E-state index in [9.17, 15) is 4.79 Å². The molecule has 0 amide bonds. The van der Waals surface area contributed by atoms with Gasteiger partial charge >= 0.3 is 5.97 Å². The molecule has 0 radical (unpaired) electrons. The van der Waals surface area contributed by atoms with E-state index >= 15 is 0 Å². The van der Waals surface area contributed by atoms with Gasteiger partial charge < -0.3 is 14.0 Å². The highest BCUT2D eigenvalue weighted by Crippen LogP contribution is 2.32. The van der Waals surface area contributed by atoms with Crippen molar-refractivity contribution in [2.45, 2.75) is 13.5 Å². The summed E-state index contributed by atoms with van der Waals surface area (Å²) in [6.07, 6.45) is 0. The maximum atomic E-state index is 11.3. The van der Waals surface area contributed by atoms with Crippen LogP contribution in [0.4, 0.5) is 0 Å². The second-order valence-corrected chi connectivity index (χ2v) is 6.64. The zero-order valence-electron chi connectivity index (χ0n) is 15.9. The van der Waals surface area contributed by atoms with Crippen LogP contribution in [0, 0.1) is 0 Å². The third-order valence-electron chi connectivity index (χ3n) is 4.70. The number of hydrogen-bond donors (Lipinski definition) is 0. The summed E-state index contributed by atoms with van der Waals surface area (Å²) in [5.74, 6) is 1.06. The molecule has 4 aromatic rings. The van der Waals surface area contributed by atoms with Gasteiger partial charge in [0.25, 0.3) is 0 Å². The summed E-state index contributed by atoms with van der Waals surface area (Å²) in [6.45, 7) is 2.16. The van der Waals surface area contributed by atoms with Crippen molar-refractivity contribution in [3.63, 3.8) is 0 Å². The van der Waals surface area contributed by atoms with Gasteiger partial charge in [-0.25, -0.2) is 0 Å². The molecule has 0 atom stereocenters. The zero-order chi connectivity index (χ0) is 19.5. The van der Waals surface area contributed by atoms with Gasteiger partial charge in [-0.3, -0.25) is 4.79 Å². The first-order chi connectivity index (χ1) is 13.6. The van der Waals surface area contributed by atoms with Crippen molar-refractivity contribution in [3.8, 4) is 22.8 Å². The Balaban J connectivity index is 1.84. The Kier molecular flexibility index (Phi) is 4.85. The maximum Gasteiger partial charge on any atom is 0.308 e. The summed E-state index contributed by atoms with van der Waals surface area (Å²) < 4.78 is 12.8. The number of carbonyl (C=O) groups is 1. The van der Waals surface area contributed by atoms with Gasteiger partial charge in [-0.05, 0) is 59.7 Å². The summed E-state index contributed by atoms with van der Waals surface area (Å²) in [4.78, 5) is 11.3. The van der Waals surface area contributed by atoms with E-state index < -0.39 is 0 Å². The predicted octanol–water partition coefficient (Wildman–Crippen LogP) is 5.29. The highest BCUT2D eigenvalue weighted by molar-refractivity contribution is 5.89. The molecule has 0 unspecified atom stereocenters. The fraction of sp³-hybridized carbons (Fsp3) is 0.125. The molecule has 0 aliphatic carbocycles. The molecule has 1 aromatic heterocycles. The first-order valence-electron chi connectivity index (χ1n) is 9.14. The third kappa shape index (κ3) is 3.62. The largest absolute Gasteiger partial charge is 0.497 e. The number of esters is 1. The van der Waals surface area contributed by atoms with E-state index in [4.69, 9.17) is 9.47 Å². The van der Waals surface area contributed by atoms with E-state index in [2.05, 4.69) is 34.9 Å². The van der Waals surface area contributed by atoms with Crippen LogP contribution in [-0.4, -0.2) is 17.6 Å². The monoisotopic (exact) mass is 371 g/mol. The van der Waals surface area contributed by atoms with Crippen LogP contribution in [0.5, 0.6) is 11.5 Å².